The lowest BCUT2D eigenvalue weighted by molar-refractivity contribution is 0.0523. The van der Waals surface area contributed by atoms with Crippen LogP contribution in [0.1, 0.15) is 98.3 Å². The first-order chi connectivity index (χ1) is 21.5. The number of nitrogens with zero attached hydrogens (tertiary/aromatic N) is 1. The molecule has 9 unspecified atom stereocenters. The lowest BCUT2D eigenvalue weighted by atomic mass is 9.97. The Labute approximate surface area is 276 Å². The zero-order chi connectivity index (χ0) is 35.1. The highest BCUT2D eigenvalue weighted by Gasteiger charge is 2.16. The van der Waals surface area contributed by atoms with Crippen LogP contribution in [0.15, 0.2) is 41.4 Å². The molecule has 0 spiro atoms. The maximum Gasteiger partial charge on any atom is 0.188 e. The lowest BCUT2D eigenvalue weighted by Crippen LogP contribution is -2.33. The van der Waals surface area contributed by atoms with Gasteiger partial charge in [-0.3, -0.25) is 4.99 Å². The summed E-state index contributed by atoms with van der Waals surface area (Å²) in [6.07, 6.45) is 4.65. The fraction of sp³-hybridized carbons (Fsp3) is 0.794. The molecule has 0 radical (unpaired) electrons. The van der Waals surface area contributed by atoms with Crippen LogP contribution in [0.3, 0.4) is 0 Å². The fourth-order valence-corrected chi connectivity index (χ4v) is 4.48. The molecule has 0 aliphatic rings. The van der Waals surface area contributed by atoms with Crippen molar-refractivity contribution in [2.45, 2.75) is 153 Å². The number of nitrogens with two attached hydrogens (primary N) is 1. The number of hydrogen-bond acceptors (Lipinski definition) is 10. The van der Waals surface area contributed by atoms with Gasteiger partial charge in [0, 0.05) is 32.4 Å². The average molecular weight is 660 g/mol. The summed E-state index contributed by atoms with van der Waals surface area (Å²) < 4.78 is 0. The molecule has 0 aliphatic heterocycles. The molecular weight excluding hydrogens is 594 g/mol. The highest BCUT2D eigenvalue weighted by Crippen LogP contribution is 2.14. The maximum absolute atomic E-state index is 10.2. The molecule has 0 aromatic heterocycles. The molecule has 9 atom stereocenters. The number of rotatable bonds is 25. The van der Waals surface area contributed by atoms with Gasteiger partial charge in [-0.2, -0.15) is 0 Å². The average Bonchev–Trinajstić information content (AvgIpc) is 2.93. The zero-order valence-corrected chi connectivity index (χ0v) is 28.4. The first-order valence-corrected chi connectivity index (χ1v) is 16.7. The smallest absolute Gasteiger partial charge is 0.188 e. The molecule has 0 rings (SSSR count). The molecule has 0 aromatic carbocycles. The molecule has 0 saturated heterocycles. The minimum Gasteiger partial charge on any atom is -0.393 e. The summed E-state index contributed by atoms with van der Waals surface area (Å²) in [5.74, 6) is 0.375. The summed E-state index contributed by atoms with van der Waals surface area (Å²) in [7, 11) is 0. The predicted molar refractivity (Wildman–Crippen MR) is 182 cm³/mol. The second kappa shape index (κ2) is 25.2. The van der Waals surface area contributed by atoms with E-state index in [2.05, 4.69) is 31.1 Å². The third-order valence-corrected chi connectivity index (χ3v) is 7.14. The largest absolute Gasteiger partial charge is 0.393 e. The zero-order valence-electron chi connectivity index (χ0n) is 28.4. The molecule has 12 N–H and O–H groups in total. The summed E-state index contributed by atoms with van der Waals surface area (Å²) in [5, 5.41) is 93.5. The fourth-order valence-electron chi connectivity index (χ4n) is 4.48. The van der Waals surface area contributed by atoms with Crippen molar-refractivity contribution < 1.29 is 46.0 Å². The normalized spacial score (nSPS) is 19.3. The Bertz CT molecular complexity index is 878. The van der Waals surface area contributed by atoms with E-state index in [1.807, 2.05) is 6.92 Å². The van der Waals surface area contributed by atoms with Gasteiger partial charge in [0.2, 0.25) is 0 Å². The van der Waals surface area contributed by atoms with Gasteiger partial charge >= 0.3 is 0 Å². The van der Waals surface area contributed by atoms with Crippen molar-refractivity contribution in [3.8, 4) is 0 Å². The first-order valence-electron chi connectivity index (χ1n) is 16.7. The van der Waals surface area contributed by atoms with Crippen molar-refractivity contribution in [3.63, 3.8) is 0 Å². The number of aliphatic hydroxyl groups excluding tert-OH is 9. The van der Waals surface area contributed by atoms with Crippen LogP contribution in [0.4, 0.5) is 0 Å². The maximum atomic E-state index is 10.2. The summed E-state index contributed by atoms with van der Waals surface area (Å²) in [6, 6.07) is 0. The van der Waals surface area contributed by atoms with Crippen LogP contribution >= 0.6 is 0 Å². The van der Waals surface area contributed by atoms with Gasteiger partial charge in [0.1, 0.15) is 0 Å². The third-order valence-electron chi connectivity index (χ3n) is 7.14. The van der Waals surface area contributed by atoms with Crippen molar-refractivity contribution in [1.82, 2.24) is 5.32 Å². The van der Waals surface area contributed by atoms with Gasteiger partial charge in [-0.05, 0) is 56.8 Å². The quantitative estimate of drug-likeness (QED) is 0.0288. The Morgan fingerprint density at radius 1 is 0.630 bits per heavy atom. The molecule has 12 heteroatoms. The Morgan fingerprint density at radius 2 is 1.04 bits per heavy atom. The number of nitrogens with one attached hydrogen (secondary N) is 1. The van der Waals surface area contributed by atoms with Crippen LogP contribution in [-0.4, -0.2) is 120 Å². The summed E-state index contributed by atoms with van der Waals surface area (Å²) in [6.45, 7) is 9.23. The third kappa shape index (κ3) is 27.3. The number of hydrogen-bond donors (Lipinski definition) is 11. The van der Waals surface area contributed by atoms with E-state index in [9.17, 15) is 46.0 Å². The van der Waals surface area contributed by atoms with E-state index >= 15 is 0 Å². The van der Waals surface area contributed by atoms with Gasteiger partial charge in [0.05, 0.1) is 54.9 Å². The molecule has 0 aliphatic carbocycles. The summed E-state index contributed by atoms with van der Waals surface area (Å²) in [5.41, 5.74) is 5.89. The van der Waals surface area contributed by atoms with Crippen LogP contribution in [0, 0.1) is 5.41 Å². The predicted octanol–water partition coefficient (Wildman–Crippen LogP) is 1.16. The topological polar surface area (TPSA) is 232 Å². The number of aliphatic imine (C=N–C) groups is 1. The van der Waals surface area contributed by atoms with Gasteiger partial charge in [-0.15, -0.1) is 0 Å². The molecule has 0 amide bonds. The van der Waals surface area contributed by atoms with Crippen LogP contribution < -0.4 is 11.1 Å². The Hall–Kier alpha value is -1.87. The van der Waals surface area contributed by atoms with Crippen LogP contribution in [-0.2, 0) is 0 Å². The van der Waals surface area contributed by atoms with E-state index < -0.39 is 54.9 Å². The highest BCUT2D eigenvalue weighted by atomic mass is 16.3. The van der Waals surface area contributed by atoms with E-state index in [4.69, 9.17) is 5.73 Å². The van der Waals surface area contributed by atoms with Crippen LogP contribution in [0.5, 0.6) is 0 Å². The van der Waals surface area contributed by atoms with Crippen molar-refractivity contribution in [2.75, 3.05) is 13.1 Å². The summed E-state index contributed by atoms with van der Waals surface area (Å²) >= 11 is 0. The van der Waals surface area contributed by atoms with Crippen molar-refractivity contribution in [1.29, 1.82) is 0 Å². The van der Waals surface area contributed by atoms with E-state index in [0.717, 1.165) is 0 Å². The standard InChI is InChI=1S/C34H65N3O9/c1-5-24(38)18-25(39)10-6-14-29(43)21-32(46)22-30(44)15-8-13-27(41)19-26(40)11-7-12-28(42)20-31(45)16-9-17-36-33(35)37-23-34(2,3)4/h6-8,10-11,15,24-32,38-46H,5,9,12-14,16-23H2,1-4H3,(H3,35,36,37). The molecule has 0 saturated carbocycles. The molecule has 46 heavy (non-hydrogen) atoms. The van der Waals surface area contributed by atoms with Crippen molar-refractivity contribution in [3.05, 3.63) is 36.5 Å². The van der Waals surface area contributed by atoms with E-state index in [1.165, 1.54) is 18.2 Å². The minimum atomic E-state index is -0.981. The van der Waals surface area contributed by atoms with Gasteiger partial charge in [-0.25, -0.2) is 0 Å². The minimum absolute atomic E-state index is 0.000913. The second-order valence-electron chi connectivity index (χ2n) is 13.5. The van der Waals surface area contributed by atoms with E-state index in [-0.39, 0.29) is 56.8 Å². The molecule has 270 valence electrons. The molecule has 0 bridgehead atoms. The Kier molecular flexibility index (Phi) is 24.2. The van der Waals surface area contributed by atoms with Gasteiger partial charge in [-0.1, -0.05) is 64.2 Å². The SMILES string of the molecule is CCC(O)CC(O)C=CCC(O)CC(O)CC(O)C=CCC(O)CC(O)C=CCC(O)CC(O)CCCNC(N)=NCC(C)(C)C. The number of aliphatic hydroxyl groups is 9. The van der Waals surface area contributed by atoms with Gasteiger partial charge in [0.15, 0.2) is 5.96 Å². The van der Waals surface area contributed by atoms with Crippen molar-refractivity contribution in [2.24, 2.45) is 16.1 Å². The van der Waals surface area contributed by atoms with Crippen LogP contribution in [0.25, 0.3) is 0 Å². The van der Waals surface area contributed by atoms with E-state index in [0.29, 0.717) is 38.3 Å². The van der Waals surface area contributed by atoms with E-state index in [1.54, 1.807) is 18.2 Å². The highest BCUT2D eigenvalue weighted by molar-refractivity contribution is 5.77. The lowest BCUT2D eigenvalue weighted by Gasteiger charge is -2.17. The Balaban J connectivity index is 4.19. The molecule has 12 nitrogen and oxygen atoms in total. The molecular formula is C34H65N3O9. The monoisotopic (exact) mass is 659 g/mol. The second-order valence-corrected chi connectivity index (χ2v) is 13.5. The van der Waals surface area contributed by atoms with Gasteiger partial charge in [0.25, 0.3) is 0 Å². The van der Waals surface area contributed by atoms with Crippen LogP contribution in [0.2, 0.25) is 0 Å². The molecule has 0 aromatic rings. The summed E-state index contributed by atoms with van der Waals surface area (Å²) in [4.78, 5) is 4.28. The molecule has 0 fully saturated rings. The van der Waals surface area contributed by atoms with Crippen molar-refractivity contribution >= 4 is 5.96 Å². The van der Waals surface area contributed by atoms with Gasteiger partial charge < -0.3 is 57.0 Å². The molecule has 0 heterocycles. The Morgan fingerprint density at radius 3 is 1.50 bits per heavy atom. The number of guanidine groups is 1. The first kappa shape index (κ1) is 44.1.